The second-order valence-corrected chi connectivity index (χ2v) is 1.85. The number of primary amides is 2. The van der Waals surface area contributed by atoms with E-state index in [1.165, 1.54) is 0 Å². The van der Waals surface area contributed by atoms with Crippen LogP contribution in [0.2, 0.25) is 0 Å². The minimum Gasteiger partial charge on any atom is -0.759 e. The highest BCUT2D eigenvalue weighted by Gasteiger charge is 1.60. The quantitative estimate of drug-likeness (QED) is 0.150. The summed E-state index contributed by atoms with van der Waals surface area (Å²) in [5.41, 5.74) is 8.50. The Hall–Kier alpha value is -1.78. The van der Waals surface area contributed by atoms with Crippen LogP contribution in [-0.2, 0) is 10.4 Å². The molecule has 0 radical (unpaired) electrons. The molecule has 0 rings (SSSR count). The largest absolute Gasteiger partial charge is 0.759 e. The van der Waals surface area contributed by atoms with Gasteiger partial charge in [-0.05, 0) is 0 Å². The van der Waals surface area contributed by atoms with E-state index in [0.29, 0.717) is 0 Å². The van der Waals surface area contributed by atoms with Gasteiger partial charge in [-0.3, -0.25) is 8.42 Å². The molecule has 15 heteroatoms. The van der Waals surface area contributed by atoms with Gasteiger partial charge in [0.15, 0.2) is 0 Å². The first-order chi connectivity index (χ1) is 5.46. The Bertz CT molecular complexity index is 219. The fraction of sp³-hybridized carbons (Fsp3) is 0. The van der Waals surface area contributed by atoms with E-state index in [2.05, 4.69) is 11.5 Å². The molecule has 0 saturated carbocycles. The molecule has 0 unspecified atom stereocenters. The van der Waals surface area contributed by atoms with Crippen LogP contribution >= 0.6 is 0 Å². The highest BCUT2D eigenvalue weighted by molar-refractivity contribution is 7.79. The predicted molar refractivity (Wildman–Crippen MR) is 52.6 cm³/mol. The van der Waals surface area contributed by atoms with Gasteiger partial charge in [0, 0.05) is 10.4 Å². The van der Waals surface area contributed by atoms with Crippen molar-refractivity contribution in [3.8, 4) is 0 Å². The van der Waals surface area contributed by atoms with Crippen molar-refractivity contribution in [2.45, 2.75) is 0 Å². The minimum absolute atomic E-state index is 0. The monoisotopic (exact) mass is 272 g/mol. The maximum absolute atomic E-state index is 9.00. The van der Waals surface area contributed by atoms with Gasteiger partial charge in [-0.2, -0.15) is 0 Å². The Labute approximate surface area is 90.0 Å². The van der Waals surface area contributed by atoms with Crippen LogP contribution in [0.15, 0.2) is 0 Å². The van der Waals surface area contributed by atoms with Crippen LogP contribution < -0.4 is 29.9 Å². The van der Waals surface area contributed by atoms with Gasteiger partial charge in [0.1, 0.15) is 0 Å². The molecule has 0 aliphatic rings. The third-order valence-electron chi connectivity index (χ3n) is 0. The SMILES string of the molecule is NC(N)=O.O=S(=O)([O-])[O-].O=[N+]([O-])[O-].[NH4+].[NH4+].[NH4+]. The van der Waals surface area contributed by atoms with E-state index in [9.17, 15) is 0 Å². The summed E-state index contributed by atoms with van der Waals surface area (Å²) in [5, 5.41) is 14.8. The molecule has 0 atom stereocenters. The molecule has 0 aromatic heterocycles. The summed E-state index contributed by atoms with van der Waals surface area (Å²) in [6.45, 7) is 0. The van der Waals surface area contributed by atoms with Gasteiger partial charge in [-0.1, -0.05) is 0 Å². The Morgan fingerprint density at radius 1 is 1.00 bits per heavy atom. The summed E-state index contributed by atoms with van der Waals surface area (Å²) in [6, 6.07) is -0.833. The van der Waals surface area contributed by atoms with E-state index in [1.807, 2.05) is 0 Å². The molecule has 0 saturated heterocycles. The van der Waals surface area contributed by atoms with Gasteiger partial charge in [-0.25, -0.2) is 4.79 Å². The second-order valence-electron chi connectivity index (χ2n) is 1.03. The lowest BCUT2D eigenvalue weighted by Crippen LogP contribution is -2.18. The molecule has 16 heavy (non-hydrogen) atoms. The first kappa shape index (κ1) is 36.8. The molecule has 2 amide bonds. The number of rotatable bonds is 0. The van der Waals surface area contributed by atoms with Crippen LogP contribution in [0.4, 0.5) is 4.79 Å². The minimum atomic E-state index is -5.17. The first-order valence-electron chi connectivity index (χ1n) is 2.00. The Morgan fingerprint density at radius 3 is 1.00 bits per heavy atom. The molecule has 14 nitrogen and oxygen atoms in total. The second kappa shape index (κ2) is 18.9. The number of carbonyl (C=O) groups excluding carboxylic acids is 1. The van der Waals surface area contributed by atoms with Gasteiger partial charge >= 0.3 is 6.03 Å². The van der Waals surface area contributed by atoms with E-state index in [0.717, 1.165) is 0 Å². The zero-order chi connectivity index (χ0) is 11.7. The molecule has 104 valence electrons. The average molecular weight is 272 g/mol. The van der Waals surface area contributed by atoms with Crippen LogP contribution in [0.5, 0.6) is 0 Å². The molecule has 0 aromatic carbocycles. The average Bonchev–Trinajstić information content (AvgIpc) is 1.50. The lowest BCUT2D eigenvalue weighted by Gasteiger charge is -2.06. The fourth-order valence-electron chi connectivity index (χ4n) is 0. The van der Waals surface area contributed by atoms with Crippen molar-refractivity contribution in [2.24, 2.45) is 11.5 Å². The topological polar surface area (TPSA) is 325 Å². The van der Waals surface area contributed by atoms with Crippen molar-refractivity contribution in [1.82, 2.24) is 18.5 Å². The van der Waals surface area contributed by atoms with Crippen molar-refractivity contribution < 1.29 is 27.4 Å². The summed E-state index contributed by atoms with van der Waals surface area (Å²) in [6.07, 6.45) is 0. The molecular formula is CH16N6O8S. The third-order valence-corrected chi connectivity index (χ3v) is 0. The molecule has 0 spiro atoms. The normalized spacial score (nSPS) is 6.62. The number of amides is 2. The summed E-state index contributed by atoms with van der Waals surface area (Å²) in [5.74, 6) is 0. The van der Waals surface area contributed by atoms with Crippen LogP contribution in [0.3, 0.4) is 0 Å². The number of carbonyl (C=O) groups is 1. The Morgan fingerprint density at radius 2 is 1.00 bits per heavy atom. The maximum Gasteiger partial charge on any atom is 0.309 e. The number of nitrogens with zero attached hydrogens (tertiary/aromatic N) is 1. The lowest BCUT2D eigenvalue weighted by molar-refractivity contribution is -0.402. The summed E-state index contributed by atoms with van der Waals surface area (Å²) < 4.78 is 34.1. The van der Waals surface area contributed by atoms with Crippen molar-refractivity contribution in [1.29, 1.82) is 0 Å². The molecule has 0 heterocycles. The summed E-state index contributed by atoms with van der Waals surface area (Å²) >= 11 is 0. The fourth-order valence-corrected chi connectivity index (χ4v) is 0. The van der Waals surface area contributed by atoms with Crippen LogP contribution in [0.1, 0.15) is 0 Å². The predicted octanol–water partition coefficient (Wildman–Crippen LogP) is -1.42. The van der Waals surface area contributed by atoms with Gasteiger partial charge in [0.25, 0.3) is 0 Å². The molecule has 0 aromatic rings. The summed E-state index contributed by atoms with van der Waals surface area (Å²) in [4.78, 5) is 17.2. The lowest BCUT2D eigenvalue weighted by atomic mass is 11.2. The van der Waals surface area contributed by atoms with Crippen molar-refractivity contribution in [3.63, 3.8) is 0 Å². The Kier molecular flexibility index (Phi) is 43.4. The Balaban J connectivity index is -0.0000000216. The molecule has 0 aliphatic heterocycles. The standard InChI is InChI=1S/CH4N2O.NO3.3H3N.H2O4S/c2*2-1(3)4;;;;1-5(2,3)4/h(H4,2,3,4);;3*1H3;(H2,1,2,3,4)/q;-1;;;;/p+1. The van der Waals surface area contributed by atoms with Gasteiger partial charge in [0.05, 0.1) is 5.09 Å². The van der Waals surface area contributed by atoms with E-state index < -0.39 is 21.5 Å². The zero-order valence-corrected chi connectivity index (χ0v) is 9.59. The number of hydrogen-bond donors (Lipinski definition) is 5. The van der Waals surface area contributed by atoms with Crippen molar-refractivity contribution in [2.75, 3.05) is 0 Å². The highest BCUT2D eigenvalue weighted by atomic mass is 32.3. The third kappa shape index (κ3) is 486. The zero-order valence-electron chi connectivity index (χ0n) is 8.78. The smallest absolute Gasteiger partial charge is 0.309 e. The van der Waals surface area contributed by atoms with Gasteiger partial charge in [-0.15, -0.1) is 0 Å². The molecule has 0 bridgehead atoms. The van der Waals surface area contributed by atoms with Crippen molar-refractivity contribution >= 4 is 16.4 Å². The van der Waals surface area contributed by atoms with E-state index in [4.69, 9.17) is 37.6 Å². The van der Waals surface area contributed by atoms with Crippen LogP contribution in [0, 0.1) is 15.3 Å². The number of hydrogen-bond acceptors (Lipinski definition) is 8. The van der Waals surface area contributed by atoms with E-state index >= 15 is 0 Å². The molecule has 0 fully saturated rings. The van der Waals surface area contributed by atoms with Gasteiger partial charge in [0.2, 0.25) is 0 Å². The molecule has 0 aliphatic carbocycles. The molecule has 16 N–H and O–H groups in total. The first-order valence-corrected chi connectivity index (χ1v) is 3.33. The van der Waals surface area contributed by atoms with Crippen LogP contribution in [0.25, 0.3) is 0 Å². The van der Waals surface area contributed by atoms with E-state index in [1.54, 1.807) is 0 Å². The van der Waals surface area contributed by atoms with Crippen LogP contribution in [-0.4, -0.2) is 28.6 Å². The maximum atomic E-state index is 9.00. The summed E-state index contributed by atoms with van der Waals surface area (Å²) in [7, 11) is -5.17. The number of quaternary nitrogens is 3. The van der Waals surface area contributed by atoms with Gasteiger partial charge < -0.3 is 54.3 Å². The number of urea groups is 1. The molecular weight excluding hydrogens is 256 g/mol. The van der Waals surface area contributed by atoms with E-state index in [-0.39, 0.29) is 18.5 Å². The highest BCUT2D eigenvalue weighted by Crippen LogP contribution is 1.57. The number of nitrogens with two attached hydrogens (primary N) is 2. The van der Waals surface area contributed by atoms with Crippen molar-refractivity contribution in [3.05, 3.63) is 15.3 Å².